The van der Waals surface area contributed by atoms with Gasteiger partial charge in [0.2, 0.25) is 0 Å². The van der Waals surface area contributed by atoms with Crippen LogP contribution in [-0.2, 0) is 5.41 Å². The molecular formula is C23H36O. The molecule has 2 aliphatic rings. The zero-order valence-electron chi connectivity index (χ0n) is 16.9. The van der Waals surface area contributed by atoms with Gasteiger partial charge in [0.1, 0.15) is 11.5 Å². The number of allylic oxidation sites excluding steroid dienone is 5. The average Bonchev–Trinajstić information content (AvgIpc) is 2.86. The molecule has 1 heteroatoms. The molecule has 134 valence electrons. The predicted octanol–water partition coefficient (Wildman–Crippen LogP) is 7.60. The molecule has 0 unspecified atom stereocenters. The zero-order valence-corrected chi connectivity index (χ0v) is 16.9. The average molecular weight is 329 g/mol. The highest BCUT2D eigenvalue weighted by Crippen LogP contribution is 2.44. The first kappa shape index (κ1) is 22.2. The smallest absolute Gasteiger partial charge is 0.131 e. The summed E-state index contributed by atoms with van der Waals surface area (Å²) in [5.41, 5.74) is 2.54. The monoisotopic (exact) mass is 328 g/mol. The van der Waals surface area contributed by atoms with Crippen LogP contribution in [0.5, 0.6) is 5.75 Å². The Morgan fingerprint density at radius 3 is 2.08 bits per heavy atom. The molecule has 0 spiro atoms. The van der Waals surface area contributed by atoms with E-state index in [1.165, 1.54) is 17.6 Å². The number of benzene rings is 1. The minimum Gasteiger partial charge on any atom is -0.457 e. The summed E-state index contributed by atoms with van der Waals surface area (Å²) < 4.78 is 5.99. The van der Waals surface area contributed by atoms with E-state index in [2.05, 4.69) is 64.1 Å². The van der Waals surface area contributed by atoms with E-state index in [-0.39, 0.29) is 5.41 Å². The minimum atomic E-state index is 0.00928. The van der Waals surface area contributed by atoms with Gasteiger partial charge in [0.25, 0.3) is 0 Å². The summed E-state index contributed by atoms with van der Waals surface area (Å²) in [6, 6.07) is 8.30. The summed E-state index contributed by atoms with van der Waals surface area (Å²) in [5, 5.41) is 0. The maximum atomic E-state index is 5.99. The van der Waals surface area contributed by atoms with Crippen molar-refractivity contribution in [2.24, 2.45) is 0 Å². The first-order chi connectivity index (χ1) is 11.6. The Labute approximate surface area is 150 Å². The van der Waals surface area contributed by atoms with Crippen molar-refractivity contribution < 1.29 is 4.74 Å². The van der Waals surface area contributed by atoms with Crippen LogP contribution in [0.4, 0.5) is 0 Å². The molecule has 1 aromatic carbocycles. The van der Waals surface area contributed by atoms with Gasteiger partial charge in [-0.1, -0.05) is 98.2 Å². The third-order valence-electron chi connectivity index (χ3n) is 3.55. The molecule has 0 saturated carbocycles. The van der Waals surface area contributed by atoms with Gasteiger partial charge in [-0.25, -0.2) is 0 Å². The molecule has 1 aliphatic carbocycles. The van der Waals surface area contributed by atoms with Gasteiger partial charge in [0.15, 0.2) is 0 Å². The van der Waals surface area contributed by atoms with E-state index >= 15 is 0 Å². The van der Waals surface area contributed by atoms with Crippen molar-refractivity contribution in [2.75, 3.05) is 0 Å². The summed E-state index contributed by atoms with van der Waals surface area (Å²) in [5.74, 6) is 1.97. The van der Waals surface area contributed by atoms with Gasteiger partial charge in [0.05, 0.1) is 0 Å². The molecule has 1 nitrogen and oxygen atoms in total. The second kappa shape index (κ2) is 11.7. The van der Waals surface area contributed by atoms with Crippen LogP contribution in [0.25, 0.3) is 0 Å². The van der Waals surface area contributed by atoms with Gasteiger partial charge >= 0.3 is 0 Å². The third kappa shape index (κ3) is 5.40. The van der Waals surface area contributed by atoms with Crippen molar-refractivity contribution in [2.45, 2.75) is 73.6 Å². The SMILES string of the molecule is CC.CC.CC1(C)C2=C(C=CCC=C2)Oc2ccccc21.CCC. The molecule has 0 radical (unpaired) electrons. The Morgan fingerprint density at radius 2 is 1.46 bits per heavy atom. The van der Waals surface area contributed by atoms with E-state index in [9.17, 15) is 0 Å². The van der Waals surface area contributed by atoms with Crippen molar-refractivity contribution in [1.82, 2.24) is 0 Å². The summed E-state index contributed by atoms with van der Waals surface area (Å²) in [6.07, 6.45) is 10.8. The minimum absolute atomic E-state index is 0.00928. The van der Waals surface area contributed by atoms with Crippen LogP contribution < -0.4 is 4.74 Å². The zero-order chi connectivity index (χ0) is 18.6. The molecule has 0 N–H and O–H groups in total. The molecule has 24 heavy (non-hydrogen) atoms. The maximum absolute atomic E-state index is 5.99. The van der Waals surface area contributed by atoms with Gasteiger partial charge in [-0.3, -0.25) is 0 Å². The van der Waals surface area contributed by atoms with Gasteiger partial charge in [-0.15, -0.1) is 0 Å². The largest absolute Gasteiger partial charge is 0.457 e. The molecule has 0 amide bonds. The quantitative estimate of drug-likeness (QED) is 0.476. The molecule has 0 bridgehead atoms. The van der Waals surface area contributed by atoms with E-state index in [0.717, 1.165) is 17.9 Å². The molecule has 0 atom stereocenters. The lowest BCUT2D eigenvalue weighted by atomic mass is 9.75. The molecule has 1 aromatic rings. The molecule has 0 aromatic heterocycles. The van der Waals surface area contributed by atoms with Gasteiger partial charge in [-0.05, 0) is 18.6 Å². The Balaban J connectivity index is 0.000000667. The van der Waals surface area contributed by atoms with Gasteiger partial charge in [-0.2, -0.15) is 0 Å². The predicted molar refractivity (Wildman–Crippen MR) is 109 cm³/mol. The van der Waals surface area contributed by atoms with E-state index in [1.807, 2.05) is 39.8 Å². The van der Waals surface area contributed by atoms with E-state index in [0.29, 0.717) is 0 Å². The molecule has 3 rings (SSSR count). The van der Waals surface area contributed by atoms with Gasteiger partial charge < -0.3 is 4.74 Å². The maximum Gasteiger partial charge on any atom is 0.131 e. The number of para-hydroxylation sites is 1. The van der Waals surface area contributed by atoms with Crippen molar-refractivity contribution >= 4 is 0 Å². The fraction of sp³-hybridized carbons (Fsp3) is 0.478. The Kier molecular flexibility index (Phi) is 10.9. The highest BCUT2D eigenvalue weighted by atomic mass is 16.5. The number of fused-ring (bicyclic) bond motifs is 1. The normalized spacial score (nSPS) is 15.7. The van der Waals surface area contributed by atoms with Crippen LogP contribution in [-0.4, -0.2) is 0 Å². The number of hydrogen-bond donors (Lipinski definition) is 0. The van der Waals surface area contributed by atoms with Crippen LogP contribution in [0.3, 0.4) is 0 Å². The lowest BCUT2D eigenvalue weighted by Crippen LogP contribution is -2.26. The first-order valence-electron chi connectivity index (χ1n) is 9.46. The Morgan fingerprint density at radius 1 is 0.917 bits per heavy atom. The molecule has 1 heterocycles. The second-order valence-corrected chi connectivity index (χ2v) is 5.75. The topological polar surface area (TPSA) is 9.23 Å². The van der Waals surface area contributed by atoms with Crippen LogP contribution in [0, 0.1) is 0 Å². The van der Waals surface area contributed by atoms with Crippen molar-refractivity contribution in [1.29, 1.82) is 0 Å². The highest BCUT2D eigenvalue weighted by molar-refractivity contribution is 5.55. The molecule has 0 saturated heterocycles. The van der Waals surface area contributed by atoms with Crippen LogP contribution in [0.1, 0.15) is 73.8 Å². The molecule has 0 fully saturated rings. The van der Waals surface area contributed by atoms with Crippen LogP contribution in [0.2, 0.25) is 0 Å². The standard InChI is InChI=1S/C16H16O.C3H8.2C2H6/c1-16(2)12-8-4-3-5-10-14(12)17-15-11-7-6-9-13(15)16;1-3-2;2*1-2/h4-11H,3H2,1-2H3;3H2,1-2H3;2*1-2H3. The second-order valence-electron chi connectivity index (χ2n) is 5.75. The van der Waals surface area contributed by atoms with E-state index in [4.69, 9.17) is 4.74 Å². The van der Waals surface area contributed by atoms with Crippen LogP contribution >= 0.6 is 0 Å². The molecular weight excluding hydrogens is 292 g/mol. The third-order valence-corrected chi connectivity index (χ3v) is 3.55. The summed E-state index contributed by atoms with van der Waals surface area (Å²) in [4.78, 5) is 0. The van der Waals surface area contributed by atoms with Crippen molar-refractivity contribution in [3.63, 3.8) is 0 Å². The van der Waals surface area contributed by atoms with Crippen molar-refractivity contribution in [3.05, 3.63) is 65.5 Å². The number of rotatable bonds is 0. The summed E-state index contributed by atoms with van der Waals surface area (Å²) >= 11 is 0. The Hall–Kier alpha value is -1.76. The first-order valence-corrected chi connectivity index (χ1v) is 9.46. The van der Waals surface area contributed by atoms with Crippen LogP contribution in [0.15, 0.2) is 59.9 Å². The highest BCUT2D eigenvalue weighted by Gasteiger charge is 2.34. The lowest BCUT2D eigenvalue weighted by molar-refractivity contribution is 0.388. The van der Waals surface area contributed by atoms with Crippen molar-refractivity contribution in [3.8, 4) is 5.75 Å². The van der Waals surface area contributed by atoms with Gasteiger partial charge in [0, 0.05) is 16.6 Å². The molecule has 1 aliphatic heterocycles. The fourth-order valence-corrected chi connectivity index (χ4v) is 2.55. The summed E-state index contributed by atoms with van der Waals surface area (Å²) in [6.45, 7) is 16.8. The lowest BCUT2D eigenvalue weighted by Gasteiger charge is -2.34. The fourth-order valence-electron chi connectivity index (χ4n) is 2.55. The number of hydrogen-bond acceptors (Lipinski definition) is 1. The van der Waals surface area contributed by atoms with E-state index < -0.39 is 0 Å². The number of ether oxygens (including phenoxy) is 1. The summed E-state index contributed by atoms with van der Waals surface area (Å²) in [7, 11) is 0. The van der Waals surface area contributed by atoms with E-state index in [1.54, 1.807) is 0 Å². The Bertz CT molecular complexity index is 559.